The Hall–Kier alpha value is -5.46. The molecule has 8 rings (SSSR count). The summed E-state index contributed by atoms with van der Waals surface area (Å²) in [5.74, 6) is -0.548. The summed E-state index contributed by atoms with van der Waals surface area (Å²) in [6, 6.07) is 40.2. The number of fused-ring (bicyclic) bond motifs is 3. The Kier molecular flexibility index (Phi) is 7.03. The number of carbonyl (C=O) groups excluding carboxylic acids is 1. The van der Waals surface area contributed by atoms with Crippen molar-refractivity contribution >= 4 is 39.8 Å². The molecule has 0 spiro atoms. The van der Waals surface area contributed by atoms with Crippen molar-refractivity contribution in [2.45, 2.75) is 19.4 Å². The fourth-order valence-corrected chi connectivity index (χ4v) is 7.31. The molecular formula is C40H31ClN4O2. The lowest BCUT2D eigenvalue weighted by atomic mass is 9.82. The molecule has 0 aliphatic carbocycles. The first-order chi connectivity index (χ1) is 23.0. The van der Waals surface area contributed by atoms with Crippen LogP contribution in [0.1, 0.15) is 41.3 Å². The standard InChI is InChI=1S/C40H31ClN4O2/c1-3-44(4-2)28-22-23-29(30(41)25-28)40(37-36(39(46)47-40)42-31-19-11-12-20-32(31)43-37)38-35(27-17-9-6-10-18-27)34(26-15-7-5-8-16-26)33-21-13-14-24-45(33)38/h5-25H,3-4H2,1-2H3. The van der Waals surface area contributed by atoms with Crippen molar-refractivity contribution in [1.29, 1.82) is 0 Å². The number of hydrogen-bond acceptors (Lipinski definition) is 5. The number of benzene rings is 4. The number of halogens is 1. The van der Waals surface area contributed by atoms with Gasteiger partial charge in [0.15, 0.2) is 5.69 Å². The van der Waals surface area contributed by atoms with E-state index in [9.17, 15) is 4.79 Å². The Labute approximate surface area is 277 Å². The van der Waals surface area contributed by atoms with Gasteiger partial charge in [-0.15, -0.1) is 0 Å². The number of para-hydroxylation sites is 2. The number of carbonyl (C=O) groups is 1. The van der Waals surface area contributed by atoms with E-state index in [-0.39, 0.29) is 5.69 Å². The molecule has 0 bridgehead atoms. The molecule has 0 radical (unpaired) electrons. The number of aromatic nitrogens is 3. The van der Waals surface area contributed by atoms with Crippen molar-refractivity contribution in [3.63, 3.8) is 0 Å². The molecule has 1 unspecified atom stereocenters. The predicted octanol–water partition coefficient (Wildman–Crippen LogP) is 9.18. The van der Waals surface area contributed by atoms with E-state index in [2.05, 4.69) is 53.5 Å². The van der Waals surface area contributed by atoms with Crippen molar-refractivity contribution in [3.8, 4) is 22.3 Å². The maximum absolute atomic E-state index is 14.1. The van der Waals surface area contributed by atoms with Crippen molar-refractivity contribution in [2.24, 2.45) is 0 Å². The van der Waals surface area contributed by atoms with Gasteiger partial charge in [-0.3, -0.25) is 0 Å². The van der Waals surface area contributed by atoms with Crippen LogP contribution in [-0.2, 0) is 10.3 Å². The van der Waals surface area contributed by atoms with E-state index in [1.807, 2.05) is 97.2 Å². The van der Waals surface area contributed by atoms with Crippen molar-refractivity contribution in [3.05, 3.63) is 155 Å². The summed E-state index contributed by atoms with van der Waals surface area (Å²) in [7, 11) is 0. The normalized spacial score (nSPS) is 15.6. The molecule has 7 aromatic rings. The van der Waals surface area contributed by atoms with Crippen molar-refractivity contribution in [2.75, 3.05) is 18.0 Å². The van der Waals surface area contributed by atoms with Gasteiger partial charge in [-0.25, -0.2) is 14.8 Å². The van der Waals surface area contributed by atoms with Crippen LogP contribution in [0.3, 0.4) is 0 Å². The molecule has 4 heterocycles. The first-order valence-corrected chi connectivity index (χ1v) is 16.2. The summed E-state index contributed by atoms with van der Waals surface area (Å²) in [6.07, 6.45) is 2.02. The van der Waals surface area contributed by atoms with Crippen LogP contribution in [0.2, 0.25) is 5.02 Å². The van der Waals surface area contributed by atoms with Gasteiger partial charge in [0, 0.05) is 41.7 Å². The number of nitrogens with zero attached hydrogens (tertiary/aromatic N) is 4. The van der Waals surface area contributed by atoms with Gasteiger partial charge in [-0.1, -0.05) is 96.5 Å². The van der Waals surface area contributed by atoms with Crippen LogP contribution in [0.25, 0.3) is 38.8 Å². The van der Waals surface area contributed by atoms with Crippen molar-refractivity contribution < 1.29 is 9.53 Å². The molecule has 47 heavy (non-hydrogen) atoms. The van der Waals surface area contributed by atoms with Crippen molar-refractivity contribution in [1.82, 2.24) is 14.4 Å². The Balaban J connectivity index is 1.57. The van der Waals surface area contributed by atoms with Crippen LogP contribution in [0.15, 0.2) is 128 Å². The highest BCUT2D eigenvalue weighted by molar-refractivity contribution is 6.32. The molecule has 0 saturated carbocycles. The van der Waals surface area contributed by atoms with Gasteiger partial charge in [0.2, 0.25) is 5.60 Å². The fourth-order valence-electron chi connectivity index (χ4n) is 7.01. The van der Waals surface area contributed by atoms with Gasteiger partial charge in [0.1, 0.15) is 5.69 Å². The lowest BCUT2D eigenvalue weighted by Gasteiger charge is -2.32. The number of hydrogen-bond donors (Lipinski definition) is 0. The minimum absolute atomic E-state index is 0.179. The molecule has 0 fully saturated rings. The average Bonchev–Trinajstić information content (AvgIpc) is 3.61. The minimum atomic E-state index is -1.54. The highest BCUT2D eigenvalue weighted by Gasteiger charge is 2.55. The van der Waals surface area contributed by atoms with Crippen LogP contribution < -0.4 is 4.90 Å². The van der Waals surface area contributed by atoms with Crippen LogP contribution >= 0.6 is 11.6 Å². The summed E-state index contributed by atoms with van der Waals surface area (Å²) < 4.78 is 8.86. The fraction of sp³-hybridized carbons (Fsp3) is 0.125. The van der Waals surface area contributed by atoms with Gasteiger partial charge < -0.3 is 14.0 Å². The number of cyclic esters (lactones) is 1. The number of rotatable bonds is 7. The Morgan fingerprint density at radius 3 is 2.02 bits per heavy atom. The second-order valence-electron chi connectivity index (χ2n) is 11.6. The van der Waals surface area contributed by atoms with Gasteiger partial charge in [0.25, 0.3) is 0 Å². The Morgan fingerprint density at radius 2 is 1.36 bits per heavy atom. The third-order valence-electron chi connectivity index (χ3n) is 9.11. The molecule has 230 valence electrons. The van der Waals surface area contributed by atoms with E-state index in [4.69, 9.17) is 26.3 Å². The molecule has 0 N–H and O–H groups in total. The summed E-state index contributed by atoms with van der Waals surface area (Å²) >= 11 is 7.34. The summed E-state index contributed by atoms with van der Waals surface area (Å²) in [5, 5.41) is 0.469. The summed E-state index contributed by atoms with van der Waals surface area (Å²) in [4.78, 5) is 26.4. The molecule has 1 atom stereocenters. The van der Waals surface area contributed by atoms with Crippen LogP contribution in [-0.4, -0.2) is 33.4 Å². The van der Waals surface area contributed by atoms with Gasteiger partial charge >= 0.3 is 5.97 Å². The Bertz CT molecular complexity index is 2300. The summed E-state index contributed by atoms with van der Waals surface area (Å²) in [6.45, 7) is 5.89. The Morgan fingerprint density at radius 1 is 0.745 bits per heavy atom. The number of ether oxygens (including phenoxy) is 1. The van der Waals surface area contributed by atoms with E-state index in [1.165, 1.54) is 0 Å². The van der Waals surface area contributed by atoms with Gasteiger partial charge in [-0.05, 0) is 61.4 Å². The minimum Gasteiger partial charge on any atom is -0.436 e. The zero-order chi connectivity index (χ0) is 32.1. The SMILES string of the molecule is CCN(CC)c1ccc(C2(c3c(-c4ccccc4)c(-c4ccccc4)c4ccccn34)OC(=O)c3nc4ccccc4nc32)c(Cl)c1. The third kappa shape index (κ3) is 4.43. The van der Waals surface area contributed by atoms with E-state index in [0.717, 1.165) is 52.2 Å². The average molecular weight is 635 g/mol. The van der Waals surface area contributed by atoms with Gasteiger partial charge in [0.05, 0.1) is 27.3 Å². The van der Waals surface area contributed by atoms with E-state index in [0.29, 0.717) is 27.3 Å². The molecule has 0 amide bonds. The smallest absolute Gasteiger partial charge is 0.360 e. The largest absolute Gasteiger partial charge is 0.436 e. The maximum atomic E-state index is 14.1. The van der Waals surface area contributed by atoms with E-state index >= 15 is 0 Å². The first-order valence-electron chi connectivity index (χ1n) is 15.8. The maximum Gasteiger partial charge on any atom is 0.360 e. The number of esters is 1. The van der Waals surface area contributed by atoms with Gasteiger partial charge in [-0.2, -0.15) is 0 Å². The zero-order valence-electron chi connectivity index (χ0n) is 26.0. The summed E-state index contributed by atoms with van der Waals surface area (Å²) in [5.41, 5.74) is 7.57. The lowest BCUT2D eigenvalue weighted by molar-refractivity contribution is 0.0228. The highest BCUT2D eigenvalue weighted by Crippen LogP contribution is 2.54. The lowest BCUT2D eigenvalue weighted by Crippen LogP contribution is -2.33. The quantitative estimate of drug-likeness (QED) is 0.164. The molecule has 0 saturated heterocycles. The molecule has 3 aromatic heterocycles. The van der Waals surface area contributed by atoms with E-state index < -0.39 is 11.6 Å². The first kappa shape index (κ1) is 29.0. The van der Waals surface area contributed by atoms with Crippen LogP contribution in [0.4, 0.5) is 5.69 Å². The monoisotopic (exact) mass is 634 g/mol. The molecular weight excluding hydrogens is 604 g/mol. The van der Waals surface area contributed by atoms with Crippen LogP contribution in [0, 0.1) is 0 Å². The topological polar surface area (TPSA) is 59.7 Å². The number of anilines is 1. The number of pyridine rings is 1. The molecule has 1 aliphatic rings. The zero-order valence-corrected chi connectivity index (χ0v) is 26.8. The predicted molar refractivity (Wildman–Crippen MR) is 188 cm³/mol. The molecule has 6 nitrogen and oxygen atoms in total. The second kappa shape index (κ2) is 11.4. The third-order valence-corrected chi connectivity index (χ3v) is 9.42. The van der Waals surface area contributed by atoms with Crippen LogP contribution in [0.5, 0.6) is 0 Å². The van der Waals surface area contributed by atoms with E-state index in [1.54, 1.807) is 0 Å². The molecule has 4 aromatic carbocycles. The highest BCUT2D eigenvalue weighted by atomic mass is 35.5. The second-order valence-corrected chi connectivity index (χ2v) is 12.0. The molecule has 7 heteroatoms. The molecule has 1 aliphatic heterocycles.